The van der Waals surface area contributed by atoms with Crippen molar-refractivity contribution in [3.05, 3.63) is 101 Å². The van der Waals surface area contributed by atoms with Crippen LogP contribution in [0.15, 0.2) is 84.0 Å². The van der Waals surface area contributed by atoms with Gasteiger partial charge in [0.05, 0.1) is 24.9 Å². The summed E-state index contributed by atoms with van der Waals surface area (Å²) in [7, 11) is 1.79. The Morgan fingerprint density at radius 1 is 1.00 bits per heavy atom. The number of thioether (sulfide) groups is 1. The molecule has 5 rings (SSSR count). The molecule has 2 heterocycles. The number of aliphatic hydroxyl groups excluding tert-OH is 1. The number of carbonyl (C=O) groups excluding carboxylic acids is 2. The van der Waals surface area contributed by atoms with Gasteiger partial charge in [-0.2, -0.15) is 0 Å². The number of aliphatic hydroxyl groups is 1. The SMILES string of the molecule is CC(=O)C(Cc1ccccc1)NC(=O)Nc1cccc(C2OC(CSc3nnnn3C)C(C)C(c3ccc(CO)cc3)O2)c1. The van der Waals surface area contributed by atoms with Crippen molar-refractivity contribution in [1.29, 1.82) is 0 Å². The Morgan fingerprint density at radius 3 is 2.45 bits per heavy atom. The zero-order valence-electron chi connectivity index (χ0n) is 24.8. The van der Waals surface area contributed by atoms with Crippen LogP contribution in [-0.4, -0.2) is 55.0 Å². The van der Waals surface area contributed by atoms with E-state index >= 15 is 0 Å². The molecule has 12 heteroatoms. The maximum atomic E-state index is 12.9. The number of hydrogen-bond donors (Lipinski definition) is 3. The van der Waals surface area contributed by atoms with Crippen LogP contribution in [0.3, 0.4) is 0 Å². The molecule has 11 nitrogen and oxygen atoms in total. The summed E-state index contributed by atoms with van der Waals surface area (Å²) in [4.78, 5) is 25.2. The lowest BCUT2D eigenvalue weighted by Crippen LogP contribution is -2.43. The summed E-state index contributed by atoms with van der Waals surface area (Å²) in [6, 6.07) is 23.4. The second-order valence-corrected chi connectivity index (χ2v) is 11.8. The van der Waals surface area contributed by atoms with E-state index in [1.807, 2.05) is 72.8 Å². The number of benzene rings is 3. The Hall–Kier alpha value is -4.10. The van der Waals surface area contributed by atoms with Crippen molar-refractivity contribution >= 4 is 29.3 Å². The number of aryl methyl sites for hydroxylation is 1. The van der Waals surface area contributed by atoms with Crippen LogP contribution in [0.1, 0.15) is 48.5 Å². The van der Waals surface area contributed by atoms with Gasteiger partial charge in [0.1, 0.15) is 0 Å². The molecule has 3 N–H and O–H groups in total. The number of aromatic nitrogens is 4. The smallest absolute Gasteiger partial charge is 0.319 e. The Labute approximate surface area is 260 Å². The van der Waals surface area contributed by atoms with E-state index in [4.69, 9.17) is 9.47 Å². The Balaban J connectivity index is 1.32. The molecule has 1 aromatic heterocycles. The van der Waals surface area contributed by atoms with Crippen LogP contribution in [-0.2, 0) is 34.3 Å². The van der Waals surface area contributed by atoms with Gasteiger partial charge >= 0.3 is 6.03 Å². The highest BCUT2D eigenvalue weighted by Crippen LogP contribution is 2.43. The predicted molar refractivity (Wildman–Crippen MR) is 166 cm³/mol. The summed E-state index contributed by atoms with van der Waals surface area (Å²) >= 11 is 1.50. The Kier molecular flexibility index (Phi) is 10.4. The summed E-state index contributed by atoms with van der Waals surface area (Å²) in [5.74, 6) is 0.448. The van der Waals surface area contributed by atoms with Crippen molar-refractivity contribution in [3.8, 4) is 0 Å². The van der Waals surface area contributed by atoms with Gasteiger partial charge in [0.25, 0.3) is 0 Å². The predicted octanol–water partition coefficient (Wildman–Crippen LogP) is 4.61. The van der Waals surface area contributed by atoms with Gasteiger partial charge in [-0.15, -0.1) is 5.10 Å². The van der Waals surface area contributed by atoms with Crippen LogP contribution in [0.25, 0.3) is 0 Å². The quantitative estimate of drug-likeness (QED) is 0.206. The first-order valence-electron chi connectivity index (χ1n) is 14.4. The molecule has 5 unspecified atom stereocenters. The van der Waals surface area contributed by atoms with E-state index in [0.717, 1.165) is 22.3 Å². The molecule has 44 heavy (non-hydrogen) atoms. The number of urea groups is 1. The van der Waals surface area contributed by atoms with Crippen LogP contribution < -0.4 is 10.6 Å². The summed E-state index contributed by atoms with van der Waals surface area (Å²) in [5, 5.41) is 27.6. The maximum Gasteiger partial charge on any atom is 0.319 e. The molecule has 4 aromatic rings. The molecule has 0 bridgehead atoms. The molecule has 1 saturated heterocycles. The molecule has 0 saturated carbocycles. The molecule has 0 aliphatic carbocycles. The third-order valence-corrected chi connectivity index (χ3v) is 8.68. The van der Waals surface area contributed by atoms with E-state index in [2.05, 4.69) is 33.1 Å². The number of carbonyl (C=O) groups is 2. The average molecular weight is 617 g/mol. The van der Waals surface area contributed by atoms with E-state index < -0.39 is 18.4 Å². The number of anilines is 1. The number of nitrogens with zero attached hydrogens (tertiary/aromatic N) is 4. The molecule has 230 valence electrons. The number of ether oxygens (including phenoxy) is 2. The molecule has 5 atom stereocenters. The highest BCUT2D eigenvalue weighted by atomic mass is 32.2. The summed E-state index contributed by atoms with van der Waals surface area (Å²) in [5.41, 5.74) is 4.02. The van der Waals surface area contributed by atoms with Crippen molar-refractivity contribution in [2.75, 3.05) is 11.1 Å². The highest BCUT2D eigenvalue weighted by Gasteiger charge is 2.38. The van der Waals surface area contributed by atoms with Crippen LogP contribution in [0.5, 0.6) is 0 Å². The first-order chi connectivity index (χ1) is 21.3. The molecule has 1 fully saturated rings. The largest absolute Gasteiger partial charge is 0.392 e. The van der Waals surface area contributed by atoms with Gasteiger partial charge in [0.15, 0.2) is 12.1 Å². The van der Waals surface area contributed by atoms with Gasteiger partial charge in [-0.3, -0.25) is 4.79 Å². The lowest BCUT2D eigenvalue weighted by Gasteiger charge is -2.41. The molecule has 3 aromatic carbocycles. The van der Waals surface area contributed by atoms with E-state index in [0.29, 0.717) is 23.0 Å². The van der Waals surface area contributed by atoms with Crippen LogP contribution >= 0.6 is 11.8 Å². The lowest BCUT2D eigenvalue weighted by atomic mass is 9.91. The van der Waals surface area contributed by atoms with Gasteiger partial charge in [-0.25, -0.2) is 9.48 Å². The zero-order chi connectivity index (χ0) is 31.1. The number of nitrogens with one attached hydrogen (secondary N) is 2. The van der Waals surface area contributed by atoms with Crippen molar-refractivity contribution < 1.29 is 24.2 Å². The van der Waals surface area contributed by atoms with Crippen LogP contribution in [0.4, 0.5) is 10.5 Å². The Morgan fingerprint density at radius 2 is 1.77 bits per heavy atom. The first-order valence-corrected chi connectivity index (χ1v) is 15.4. The molecule has 2 amide bonds. The minimum Gasteiger partial charge on any atom is -0.392 e. The standard InChI is InChI=1S/C32H36N6O5S/c1-20-28(19-44-32-35-36-37-38(32)3)42-30(43-29(20)24-14-12-23(18-39)13-15-24)25-10-7-11-26(17-25)33-31(41)34-27(21(2)40)16-22-8-5-4-6-9-22/h4-15,17,20,27-30,39H,16,18-19H2,1-3H3,(H2,33,34,41). The maximum absolute atomic E-state index is 12.9. The lowest BCUT2D eigenvalue weighted by molar-refractivity contribution is -0.268. The van der Waals surface area contributed by atoms with Gasteiger partial charge in [0, 0.05) is 30.0 Å². The minimum atomic E-state index is -0.718. The Bertz CT molecular complexity index is 1550. The van der Waals surface area contributed by atoms with Gasteiger partial charge in [0.2, 0.25) is 5.16 Å². The number of Topliss-reactive ketones (excluding diaryl/α,β-unsaturated/α-hetero) is 1. The second-order valence-electron chi connectivity index (χ2n) is 10.8. The number of ketones is 1. The summed E-state index contributed by atoms with van der Waals surface area (Å²) in [6.07, 6.45) is -0.827. The van der Waals surface area contributed by atoms with Crippen LogP contribution in [0, 0.1) is 5.92 Å². The average Bonchev–Trinajstić information content (AvgIpc) is 3.45. The van der Waals surface area contributed by atoms with Crippen LogP contribution in [0.2, 0.25) is 0 Å². The van der Waals surface area contributed by atoms with Crippen molar-refractivity contribution in [1.82, 2.24) is 25.5 Å². The normalized spacial score (nSPS) is 20.5. The number of hydrogen-bond acceptors (Lipinski definition) is 9. The molecular weight excluding hydrogens is 580 g/mol. The van der Waals surface area contributed by atoms with Gasteiger partial charge in [-0.05, 0) is 52.6 Å². The molecular formula is C32H36N6O5S. The number of rotatable bonds is 11. The second kappa shape index (κ2) is 14.6. The third-order valence-electron chi connectivity index (χ3n) is 7.58. The fraction of sp³-hybridized carbons (Fsp3) is 0.344. The van der Waals surface area contributed by atoms with Crippen molar-refractivity contribution in [2.24, 2.45) is 13.0 Å². The van der Waals surface area contributed by atoms with E-state index in [1.165, 1.54) is 18.7 Å². The molecule has 0 radical (unpaired) electrons. The summed E-state index contributed by atoms with van der Waals surface area (Å²) in [6.45, 7) is 3.52. The topological polar surface area (TPSA) is 140 Å². The summed E-state index contributed by atoms with van der Waals surface area (Å²) < 4.78 is 14.7. The number of amides is 2. The van der Waals surface area contributed by atoms with E-state index in [9.17, 15) is 14.7 Å². The fourth-order valence-electron chi connectivity index (χ4n) is 5.04. The third kappa shape index (κ3) is 7.88. The molecule has 0 spiro atoms. The van der Waals surface area contributed by atoms with E-state index in [1.54, 1.807) is 17.8 Å². The minimum absolute atomic E-state index is 0.0138. The van der Waals surface area contributed by atoms with Crippen molar-refractivity contribution in [3.63, 3.8) is 0 Å². The van der Waals surface area contributed by atoms with E-state index in [-0.39, 0.29) is 30.5 Å². The zero-order valence-corrected chi connectivity index (χ0v) is 25.6. The monoisotopic (exact) mass is 616 g/mol. The van der Waals surface area contributed by atoms with Gasteiger partial charge in [-0.1, -0.05) is 85.4 Å². The first kappa shape index (κ1) is 31.3. The highest BCUT2D eigenvalue weighted by molar-refractivity contribution is 7.99. The fourth-order valence-corrected chi connectivity index (χ4v) is 6.06. The number of tetrazole rings is 1. The van der Waals surface area contributed by atoms with Gasteiger partial charge < -0.3 is 25.2 Å². The molecule has 1 aliphatic heterocycles. The molecule has 1 aliphatic rings. The van der Waals surface area contributed by atoms with Crippen molar-refractivity contribution in [2.45, 2.75) is 56.6 Å².